The quantitative estimate of drug-likeness (QED) is 0.282. The molecular weight excluding hydrogens is 478 g/mol. The van der Waals surface area contributed by atoms with Gasteiger partial charge in [-0.15, -0.1) is 0 Å². The summed E-state index contributed by atoms with van der Waals surface area (Å²) in [6.45, 7) is 6.76. The highest BCUT2D eigenvalue weighted by atomic mass is 32.2. The van der Waals surface area contributed by atoms with Crippen molar-refractivity contribution in [3.63, 3.8) is 0 Å². The Labute approximate surface area is 215 Å². The maximum absolute atomic E-state index is 13.0. The van der Waals surface area contributed by atoms with Gasteiger partial charge in [0.15, 0.2) is 5.25 Å². The number of amides is 2. The van der Waals surface area contributed by atoms with Crippen LogP contribution in [0, 0.1) is 16.7 Å². The zero-order chi connectivity index (χ0) is 26.2. The highest BCUT2D eigenvalue weighted by molar-refractivity contribution is 7.94. The SMILES string of the molecule is CCCCCC(C(=O)OC)S(=O)(=O)Nc1ccc(NC(=O)NC23CC4CC(C)(CC(C)(C4)C2)C3)cc1. The normalized spacial score (nSPS) is 31.5. The summed E-state index contributed by atoms with van der Waals surface area (Å²) in [5.41, 5.74) is 1.36. The van der Waals surface area contributed by atoms with Gasteiger partial charge in [0.2, 0.25) is 10.0 Å². The third kappa shape index (κ3) is 5.82. The molecule has 0 saturated heterocycles. The van der Waals surface area contributed by atoms with Crippen LogP contribution in [0.5, 0.6) is 0 Å². The minimum absolute atomic E-state index is 0.150. The van der Waals surface area contributed by atoms with Crippen LogP contribution in [0.25, 0.3) is 0 Å². The van der Waals surface area contributed by atoms with Gasteiger partial charge in [0.05, 0.1) is 7.11 Å². The molecular formula is C27H41N3O5S. The molecule has 0 aliphatic heterocycles. The second kappa shape index (κ2) is 9.88. The Kier molecular flexibility index (Phi) is 7.34. The molecule has 0 radical (unpaired) electrons. The van der Waals surface area contributed by atoms with Gasteiger partial charge in [-0.1, -0.05) is 40.0 Å². The van der Waals surface area contributed by atoms with E-state index < -0.39 is 21.2 Å². The number of urea groups is 1. The van der Waals surface area contributed by atoms with E-state index in [0.717, 1.165) is 32.1 Å². The van der Waals surface area contributed by atoms with E-state index in [1.54, 1.807) is 24.3 Å². The number of esters is 1. The highest BCUT2D eigenvalue weighted by Gasteiger charge is 2.60. The van der Waals surface area contributed by atoms with Crippen molar-refractivity contribution in [2.45, 2.75) is 95.8 Å². The molecule has 200 valence electrons. The Morgan fingerprint density at radius 3 is 2.17 bits per heavy atom. The van der Waals surface area contributed by atoms with Crippen LogP contribution in [-0.2, 0) is 19.6 Å². The molecule has 4 saturated carbocycles. The lowest BCUT2D eigenvalue weighted by Crippen LogP contribution is -2.65. The van der Waals surface area contributed by atoms with E-state index in [-0.39, 0.29) is 18.0 Å². The summed E-state index contributed by atoms with van der Waals surface area (Å²) < 4.78 is 33.0. The van der Waals surface area contributed by atoms with Crippen molar-refractivity contribution < 1.29 is 22.7 Å². The topological polar surface area (TPSA) is 114 Å². The molecule has 1 aromatic carbocycles. The Bertz CT molecular complexity index is 1070. The molecule has 3 unspecified atom stereocenters. The Hall–Kier alpha value is -2.29. The first-order valence-corrected chi connectivity index (χ1v) is 14.7. The largest absolute Gasteiger partial charge is 0.468 e. The minimum Gasteiger partial charge on any atom is -0.468 e. The Balaban J connectivity index is 1.37. The molecule has 0 aromatic heterocycles. The van der Waals surface area contributed by atoms with Crippen LogP contribution >= 0.6 is 0 Å². The molecule has 36 heavy (non-hydrogen) atoms. The van der Waals surface area contributed by atoms with E-state index in [0.29, 0.717) is 34.5 Å². The highest BCUT2D eigenvalue weighted by Crippen LogP contribution is 2.66. The van der Waals surface area contributed by atoms with Gasteiger partial charge in [0, 0.05) is 16.9 Å². The zero-order valence-electron chi connectivity index (χ0n) is 22.0. The first kappa shape index (κ1) is 26.8. The van der Waals surface area contributed by atoms with E-state index in [1.165, 1.54) is 26.4 Å². The van der Waals surface area contributed by atoms with Crippen molar-refractivity contribution in [2.75, 3.05) is 17.1 Å². The number of carbonyl (C=O) groups is 2. The second-order valence-electron chi connectivity index (χ2n) is 12.2. The van der Waals surface area contributed by atoms with Crippen LogP contribution in [0.1, 0.15) is 85.0 Å². The first-order chi connectivity index (χ1) is 16.9. The molecule has 9 heteroatoms. The average Bonchev–Trinajstić information content (AvgIpc) is 2.74. The molecule has 4 bridgehead atoms. The fourth-order valence-corrected chi connectivity index (χ4v) is 9.39. The van der Waals surface area contributed by atoms with Gasteiger partial charge in [-0.3, -0.25) is 9.52 Å². The lowest BCUT2D eigenvalue weighted by molar-refractivity contribution is -0.140. The smallest absolute Gasteiger partial charge is 0.325 e. The number of unbranched alkanes of at least 4 members (excludes halogenated alkanes) is 2. The summed E-state index contributed by atoms with van der Waals surface area (Å²) >= 11 is 0. The van der Waals surface area contributed by atoms with Gasteiger partial charge in [-0.2, -0.15) is 0 Å². The lowest BCUT2D eigenvalue weighted by Gasteiger charge is -2.65. The number of hydrogen-bond acceptors (Lipinski definition) is 5. The molecule has 2 amide bonds. The molecule has 1 aromatic rings. The van der Waals surface area contributed by atoms with Crippen LogP contribution in [-0.4, -0.2) is 38.3 Å². The van der Waals surface area contributed by atoms with Crippen molar-refractivity contribution in [3.8, 4) is 0 Å². The summed E-state index contributed by atoms with van der Waals surface area (Å²) in [7, 11) is -2.77. The van der Waals surface area contributed by atoms with Crippen LogP contribution in [0.3, 0.4) is 0 Å². The van der Waals surface area contributed by atoms with Gasteiger partial charge in [0.25, 0.3) is 0 Å². The first-order valence-electron chi connectivity index (χ1n) is 13.2. The number of ether oxygens (including phenoxy) is 1. The van der Waals surface area contributed by atoms with Crippen molar-refractivity contribution in [1.29, 1.82) is 0 Å². The lowest BCUT2D eigenvalue weighted by atomic mass is 9.43. The Morgan fingerprint density at radius 2 is 1.61 bits per heavy atom. The summed E-state index contributed by atoms with van der Waals surface area (Å²) in [6, 6.07) is 6.26. The fourth-order valence-electron chi connectivity index (χ4n) is 7.96. The summed E-state index contributed by atoms with van der Waals surface area (Å²) in [6.07, 6.45) is 9.46. The minimum atomic E-state index is -3.97. The summed E-state index contributed by atoms with van der Waals surface area (Å²) in [5, 5.41) is 4.97. The molecule has 5 rings (SSSR count). The number of anilines is 2. The number of methoxy groups -OCH3 is 1. The molecule has 0 spiro atoms. The fraction of sp³-hybridized carbons (Fsp3) is 0.704. The van der Waals surface area contributed by atoms with Gasteiger partial charge in [0.1, 0.15) is 0 Å². The van der Waals surface area contributed by atoms with Crippen LogP contribution in [0.2, 0.25) is 0 Å². The molecule has 8 nitrogen and oxygen atoms in total. The molecule has 4 aliphatic rings. The van der Waals surface area contributed by atoms with Crippen molar-refractivity contribution in [2.24, 2.45) is 16.7 Å². The number of sulfonamides is 1. The Morgan fingerprint density at radius 1 is 1.00 bits per heavy atom. The number of rotatable bonds is 10. The van der Waals surface area contributed by atoms with Gasteiger partial charge in [-0.25, -0.2) is 13.2 Å². The molecule has 4 fully saturated rings. The number of carbonyl (C=O) groups excluding carboxylic acids is 2. The average molecular weight is 520 g/mol. The van der Waals surface area contributed by atoms with E-state index in [4.69, 9.17) is 4.74 Å². The van der Waals surface area contributed by atoms with E-state index in [9.17, 15) is 18.0 Å². The maximum Gasteiger partial charge on any atom is 0.325 e. The van der Waals surface area contributed by atoms with Gasteiger partial charge < -0.3 is 15.4 Å². The van der Waals surface area contributed by atoms with Crippen molar-refractivity contribution in [3.05, 3.63) is 24.3 Å². The summed E-state index contributed by atoms with van der Waals surface area (Å²) in [4.78, 5) is 25.1. The number of nitrogens with one attached hydrogen (secondary N) is 3. The van der Waals surface area contributed by atoms with Crippen LogP contribution in [0.4, 0.5) is 16.2 Å². The zero-order valence-corrected chi connectivity index (χ0v) is 22.8. The van der Waals surface area contributed by atoms with Gasteiger partial charge >= 0.3 is 12.0 Å². The van der Waals surface area contributed by atoms with Gasteiger partial charge in [-0.05, 0) is 86.0 Å². The predicted octanol–water partition coefficient (Wildman–Crippen LogP) is 5.42. The number of hydrogen-bond donors (Lipinski definition) is 3. The monoisotopic (exact) mass is 519 g/mol. The maximum atomic E-state index is 13.0. The second-order valence-corrected chi connectivity index (χ2v) is 14.1. The van der Waals surface area contributed by atoms with Crippen molar-refractivity contribution in [1.82, 2.24) is 5.32 Å². The van der Waals surface area contributed by atoms with E-state index >= 15 is 0 Å². The van der Waals surface area contributed by atoms with Crippen molar-refractivity contribution >= 4 is 33.4 Å². The standard InChI is InChI=1S/C27H41N3O5S/c1-5-6-7-8-22(23(31)35-4)36(33,34)30-21-11-9-20(10-12-21)28-24(32)29-27-15-19-13-25(2,17-27)16-26(3,14-19)18-27/h9-12,19,22,30H,5-8,13-18H2,1-4H3,(H2,28,29,32). The summed E-state index contributed by atoms with van der Waals surface area (Å²) in [5.74, 6) is -0.0828. The molecule has 3 atom stereocenters. The van der Waals surface area contributed by atoms with Crippen LogP contribution in [0.15, 0.2) is 24.3 Å². The van der Waals surface area contributed by atoms with E-state index in [1.807, 2.05) is 6.92 Å². The molecule has 4 aliphatic carbocycles. The number of benzene rings is 1. The molecule has 3 N–H and O–H groups in total. The van der Waals surface area contributed by atoms with E-state index in [2.05, 4.69) is 29.2 Å². The third-order valence-corrected chi connectivity index (χ3v) is 10.0. The van der Waals surface area contributed by atoms with Crippen LogP contribution < -0.4 is 15.4 Å². The molecule has 0 heterocycles. The third-order valence-electron chi connectivity index (χ3n) is 8.32. The predicted molar refractivity (Wildman–Crippen MR) is 141 cm³/mol.